The molecule has 6 nitrogen and oxygen atoms in total. The SMILES string of the molecule is O=C(NCc1c(C=NF)c2ccccc2n1C1CCNCC1)OCc1ccccc1. The van der Waals surface area contributed by atoms with Crippen LogP contribution in [-0.4, -0.2) is 30.0 Å². The Balaban J connectivity index is 1.58. The van der Waals surface area contributed by atoms with Crippen molar-refractivity contribution in [1.82, 2.24) is 15.2 Å². The number of hydrogen-bond acceptors (Lipinski definition) is 4. The van der Waals surface area contributed by atoms with Gasteiger partial charge in [-0.05, 0) is 37.6 Å². The molecule has 1 aliphatic rings. The summed E-state index contributed by atoms with van der Waals surface area (Å²) in [4.78, 5) is 12.3. The Labute approximate surface area is 174 Å². The van der Waals surface area contributed by atoms with Crippen LogP contribution in [0.25, 0.3) is 10.9 Å². The highest BCUT2D eigenvalue weighted by molar-refractivity contribution is 6.01. The molecular weight excluding hydrogens is 383 g/mol. The van der Waals surface area contributed by atoms with E-state index in [0.717, 1.165) is 48.1 Å². The summed E-state index contributed by atoms with van der Waals surface area (Å²) in [6, 6.07) is 17.7. The molecule has 1 fully saturated rings. The lowest BCUT2D eigenvalue weighted by Crippen LogP contribution is -2.31. The number of rotatable bonds is 6. The highest BCUT2D eigenvalue weighted by Gasteiger charge is 2.24. The summed E-state index contributed by atoms with van der Waals surface area (Å²) < 4.78 is 20.5. The van der Waals surface area contributed by atoms with Crippen molar-refractivity contribution in [3.8, 4) is 0 Å². The van der Waals surface area contributed by atoms with Crippen molar-refractivity contribution in [2.75, 3.05) is 13.1 Å². The smallest absolute Gasteiger partial charge is 0.407 e. The number of nitrogens with zero attached hydrogens (tertiary/aromatic N) is 2. The minimum atomic E-state index is -0.510. The van der Waals surface area contributed by atoms with E-state index in [-0.39, 0.29) is 19.2 Å². The number of ether oxygens (including phenoxy) is 1. The highest BCUT2D eigenvalue weighted by Crippen LogP contribution is 2.32. The monoisotopic (exact) mass is 408 g/mol. The molecule has 0 bridgehead atoms. The third-order valence-corrected chi connectivity index (χ3v) is 5.52. The number of halogens is 1. The summed E-state index contributed by atoms with van der Waals surface area (Å²) in [5.74, 6) is 0. The van der Waals surface area contributed by atoms with Crippen LogP contribution in [0.3, 0.4) is 0 Å². The standard InChI is InChI=1S/C23H25FN4O2/c24-27-14-20-19-8-4-5-9-21(19)28(18-10-12-25-13-11-18)22(20)15-26-23(29)30-16-17-6-2-1-3-7-17/h1-9,14,18,25H,10-13,15-16H2,(H,26,29). The van der Waals surface area contributed by atoms with Crippen molar-refractivity contribution >= 4 is 23.2 Å². The number of hydrogen-bond donors (Lipinski definition) is 2. The lowest BCUT2D eigenvalue weighted by Gasteiger charge is -2.27. The van der Waals surface area contributed by atoms with E-state index in [4.69, 9.17) is 4.74 Å². The Bertz CT molecular complexity index is 1030. The van der Waals surface area contributed by atoms with Crippen molar-refractivity contribution in [3.63, 3.8) is 0 Å². The van der Waals surface area contributed by atoms with Gasteiger partial charge in [-0.1, -0.05) is 58.2 Å². The van der Waals surface area contributed by atoms with E-state index in [1.165, 1.54) is 6.21 Å². The maximum Gasteiger partial charge on any atom is 0.407 e. The van der Waals surface area contributed by atoms with E-state index in [1.807, 2.05) is 54.6 Å². The zero-order chi connectivity index (χ0) is 20.8. The van der Waals surface area contributed by atoms with Crippen LogP contribution >= 0.6 is 0 Å². The second kappa shape index (κ2) is 9.54. The normalized spacial score (nSPS) is 15.0. The molecule has 3 aromatic rings. The Kier molecular flexibility index (Phi) is 6.39. The van der Waals surface area contributed by atoms with Crippen LogP contribution in [0.1, 0.15) is 35.7 Å². The van der Waals surface area contributed by atoms with Crippen LogP contribution in [0.2, 0.25) is 0 Å². The predicted molar refractivity (Wildman–Crippen MR) is 115 cm³/mol. The zero-order valence-corrected chi connectivity index (χ0v) is 16.7. The number of benzene rings is 2. The molecule has 1 saturated heterocycles. The van der Waals surface area contributed by atoms with Gasteiger partial charge in [0, 0.05) is 28.2 Å². The van der Waals surface area contributed by atoms with Gasteiger partial charge < -0.3 is 19.9 Å². The lowest BCUT2D eigenvalue weighted by atomic mass is 10.1. The van der Waals surface area contributed by atoms with Crippen LogP contribution in [0.15, 0.2) is 59.8 Å². The topological polar surface area (TPSA) is 67.7 Å². The maximum atomic E-state index is 13.0. The molecule has 30 heavy (non-hydrogen) atoms. The van der Waals surface area contributed by atoms with Gasteiger partial charge >= 0.3 is 6.09 Å². The number of aromatic nitrogens is 1. The van der Waals surface area contributed by atoms with E-state index >= 15 is 0 Å². The second-order valence-electron chi connectivity index (χ2n) is 7.37. The van der Waals surface area contributed by atoms with Crippen LogP contribution in [0.4, 0.5) is 9.28 Å². The molecule has 2 N–H and O–H groups in total. The van der Waals surface area contributed by atoms with Crippen LogP contribution < -0.4 is 10.6 Å². The minimum absolute atomic E-state index is 0.197. The van der Waals surface area contributed by atoms with Crippen molar-refractivity contribution in [3.05, 3.63) is 71.4 Å². The van der Waals surface area contributed by atoms with E-state index in [1.54, 1.807) is 0 Å². The summed E-state index contributed by atoms with van der Waals surface area (Å²) >= 11 is 0. The third-order valence-electron chi connectivity index (χ3n) is 5.52. The summed E-state index contributed by atoms with van der Waals surface area (Å²) in [6.07, 6.45) is 2.66. The molecule has 0 aliphatic carbocycles. The summed E-state index contributed by atoms with van der Waals surface area (Å²) in [6.45, 7) is 2.28. The first kappa shape index (κ1) is 20.1. The van der Waals surface area contributed by atoms with Crippen molar-refractivity contribution < 1.29 is 14.0 Å². The molecule has 1 aliphatic heterocycles. The average Bonchev–Trinajstić information content (AvgIpc) is 3.11. The molecule has 0 atom stereocenters. The van der Waals surface area contributed by atoms with E-state index in [9.17, 15) is 9.28 Å². The van der Waals surface area contributed by atoms with Crippen LogP contribution in [-0.2, 0) is 17.9 Å². The predicted octanol–water partition coefficient (Wildman–Crippen LogP) is 4.30. The second-order valence-corrected chi connectivity index (χ2v) is 7.37. The van der Waals surface area contributed by atoms with Crippen LogP contribution in [0.5, 0.6) is 0 Å². The quantitative estimate of drug-likeness (QED) is 0.598. The Morgan fingerprint density at radius 1 is 1.17 bits per heavy atom. The highest BCUT2D eigenvalue weighted by atomic mass is 19.2. The fourth-order valence-electron chi connectivity index (χ4n) is 4.13. The van der Waals surface area contributed by atoms with Gasteiger partial charge in [0.15, 0.2) is 0 Å². The average molecular weight is 408 g/mol. The van der Waals surface area contributed by atoms with Gasteiger partial charge in [0.25, 0.3) is 0 Å². The van der Waals surface area contributed by atoms with Gasteiger partial charge in [0.2, 0.25) is 0 Å². The Morgan fingerprint density at radius 3 is 2.67 bits per heavy atom. The minimum Gasteiger partial charge on any atom is -0.445 e. The molecular formula is C23H25FN4O2. The number of fused-ring (bicyclic) bond motifs is 1. The van der Waals surface area contributed by atoms with Gasteiger partial charge in [-0.25, -0.2) is 4.79 Å². The molecule has 156 valence electrons. The number of para-hydroxylation sites is 1. The first-order valence-corrected chi connectivity index (χ1v) is 10.2. The Morgan fingerprint density at radius 2 is 1.90 bits per heavy atom. The van der Waals surface area contributed by atoms with Crippen molar-refractivity contribution in [2.45, 2.75) is 32.0 Å². The van der Waals surface area contributed by atoms with Crippen LogP contribution in [0, 0.1) is 0 Å². The largest absolute Gasteiger partial charge is 0.445 e. The number of amides is 1. The number of carbonyl (C=O) groups is 1. The van der Waals surface area contributed by atoms with E-state index < -0.39 is 6.09 Å². The molecule has 2 heterocycles. The number of alkyl carbamates (subject to hydrolysis) is 1. The van der Waals surface area contributed by atoms with Gasteiger partial charge in [-0.3, -0.25) is 0 Å². The molecule has 2 aromatic carbocycles. The third kappa shape index (κ3) is 4.36. The summed E-state index contributed by atoms with van der Waals surface area (Å²) in [7, 11) is 0. The molecule has 4 rings (SSSR count). The summed E-state index contributed by atoms with van der Waals surface area (Å²) in [5.41, 5.74) is 3.46. The first-order chi connectivity index (χ1) is 14.8. The first-order valence-electron chi connectivity index (χ1n) is 10.2. The van der Waals surface area contributed by atoms with Gasteiger partial charge in [-0.2, -0.15) is 0 Å². The number of nitrogens with one attached hydrogen (secondary N) is 2. The van der Waals surface area contributed by atoms with Crippen molar-refractivity contribution in [2.24, 2.45) is 5.21 Å². The lowest BCUT2D eigenvalue weighted by molar-refractivity contribution is 0.139. The number of piperidine rings is 1. The fourth-order valence-corrected chi connectivity index (χ4v) is 4.13. The molecule has 1 aromatic heterocycles. The number of carbonyl (C=O) groups excluding carboxylic acids is 1. The fraction of sp³-hybridized carbons (Fsp3) is 0.304. The molecule has 0 saturated carbocycles. The van der Waals surface area contributed by atoms with E-state index in [2.05, 4.69) is 20.4 Å². The van der Waals surface area contributed by atoms with Gasteiger partial charge in [-0.15, -0.1) is 0 Å². The van der Waals surface area contributed by atoms with Crippen molar-refractivity contribution in [1.29, 1.82) is 0 Å². The molecule has 0 radical (unpaired) electrons. The Hall–Kier alpha value is -3.19. The molecule has 0 spiro atoms. The maximum absolute atomic E-state index is 13.0. The van der Waals surface area contributed by atoms with E-state index in [0.29, 0.717) is 5.56 Å². The zero-order valence-electron chi connectivity index (χ0n) is 16.7. The molecule has 1 amide bonds. The van der Waals surface area contributed by atoms with Gasteiger partial charge in [0.05, 0.1) is 12.8 Å². The molecule has 7 heteroatoms. The molecule has 0 unspecified atom stereocenters. The van der Waals surface area contributed by atoms with Gasteiger partial charge in [0.1, 0.15) is 6.61 Å². The summed E-state index contributed by atoms with van der Waals surface area (Å²) in [5, 5.41) is 9.91.